The first-order valence-corrected chi connectivity index (χ1v) is 8.82. The number of ether oxygens (including phenoxy) is 3. The van der Waals surface area contributed by atoms with Gasteiger partial charge >= 0.3 is 0 Å². The van der Waals surface area contributed by atoms with Crippen LogP contribution in [-0.2, 0) is 0 Å². The Morgan fingerprint density at radius 1 is 0.862 bits per heavy atom. The molecule has 4 aromatic rings. The van der Waals surface area contributed by atoms with Crippen molar-refractivity contribution in [2.45, 2.75) is 0 Å². The number of fused-ring (bicyclic) bond motifs is 1. The van der Waals surface area contributed by atoms with E-state index in [0.717, 1.165) is 22.3 Å². The van der Waals surface area contributed by atoms with Crippen LogP contribution in [0.1, 0.15) is 0 Å². The Hall–Kier alpha value is -4.01. The molecule has 0 spiro atoms. The molecule has 3 N–H and O–H groups in total. The van der Waals surface area contributed by atoms with Crippen LogP contribution in [-0.4, -0.2) is 41.5 Å². The summed E-state index contributed by atoms with van der Waals surface area (Å²) in [5.41, 5.74) is 1.64. The summed E-state index contributed by atoms with van der Waals surface area (Å²) in [5.74, 6) is 3.61. The third-order valence-corrected chi connectivity index (χ3v) is 4.31. The molecule has 2 aromatic heterocycles. The Balaban J connectivity index is 1.59. The van der Waals surface area contributed by atoms with E-state index >= 15 is 0 Å². The molecule has 2 aromatic carbocycles. The van der Waals surface area contributed by atoms with Crippen molar-refractivity contribution in [3.05, 3.63) is 48.7 Å². The van der Waals surface area contributed by atoms with Gasteiger partial charge in [-0.05, 0) is 30.3 Å². The molecule has 2 heterocycles. The van der Waals surface area contributed by atoms with Gasteiger partial charge in [-0.15, -0.1) is 0 Å². The topological polar surface area (TPSA) is 106 Å². The lowest BCUT2D eigenvalue weighted by molar-refractivity contribution is 0.355. The van der Waals surface area contributed by atoms with E-state index in [-0.39, 0.29) is 0 Å². The lowest BCUT2D eigenvalue weighted by atomic mass is 10.2. The van der Waals surface area contributed by atoms with Crippen molar-refractivity contribution in [3.63, 3.8) is 0 Å². The first-order chi connectivity index (χ1) is 14.2. The molecule has 0 radical (unpaired) electrons. The van der Waals surface area contributed by atoms with Gasteiger partial charge in [0.2, 0.25) is 5.95 Å². The van der Waals surface area contributed by atoms with Gasteiger partial charge in [0.15, 0.2) is 17.3 Å². The standard InChI is InChI=1S/C20H20N6O3/c1-27-14-8-7-12(11-16(14)29-3)22-20-21-10-9-17(24-20)23-19-18-13(25-26-19)5-4-6-15(18)28-2/h4-11H,1-3H3,(H3,21,22,23,24,25,26). The molecular formula is C20H20N6O3. The Morgan fingerprint density at radius 3 is 2.48 bits per heavy atom. The number of H-pyrrole nitrogens is 1. The van der Waals surface area contributed by atoms with Gasteiger partial charge < -0.3 is 24.8 Å². The smallest absolute Gasteiger partial charge is 0.229 e. The monoisotopic (exact) mass is 392 g/mol. The lowest BCUT2D eigenvalue weighted by Crippen LogP contribution is -2.01. The molecule has 4 rings (SSSR count). The summed E-state index contributed by atoms with van der Waals surface area (Å²) in [7, 11) is 4.81. The largest absolute Gasteiger partial charge is 0.496 e. The molecule has 148 valence electrons. The van der Waals surface area contributed by atoms with Crippen LogP contribution >= 0.6 is 0 Å². The van der Waals surface area contributed by atoms with Crippen molar-refractivity contribution in [3.8, 4) is 17.2 Å². The van der Waals surface area contributed by atoms with Gasteiger partial charge in [-0.1, -0.05) is 6.07 Å². The van der Waals surface area contributed by atoms with Crippen LogP contribution in [0.15, 0.2) is 48.7 Å². The minimum absolute atomic E-state index is 0.425. The Labute approximate surface area is 167 Å². The molecule has 0 saturated heterocycles. The summed E-state index contributed by atoms with van der Waals surface area (Å²) in [5, 5.41) is 14.5. The van der Waals surface area contributed by atoms with E-state index in [1.807, 2.05) is 36.4 Å². The zero-order chi connectivity index (χ0) is 20.2. The summed E-state index contributed by atoms with van der Waals surface area (Å²) >= 11 is 0. The van der Waals surface area contributed by atoms with Crippen molar-refractivity contribution in [2.24, 2.45) is 0 Å². The van der Waals surface area contributed by atoms with Crippen LogP contribution < -0.4 is 24.8 Å². The molecule has 9 heteroatoms. The number of aromatic nitrogens is 4. The van der Waals surface area contributed by atoms with Gasteiger partial charge in [-0.25, -0.2) is 4.98 Å². The highest BCUT2D eigenvalue weighted by atomic mass is 16.5. The minimum atomic E-state index is 0.425. The number of rotatable bonds is 7. The first-order valence-electron chi connectivity index (χ1n) is 8.82. The van der Waals surface area contributed by atoms with Crippen molar-refractivity contribution >= 4 is 34.2 Å². The number of benzene rings is 2. The maximum Gasteiger partial charge on any atom is 0.229 e. The second-order valence-corrected chi connectivity index (χ2v) is 6.04. The van der Waals surface area contributed by atoms with Crippen LogP contribution in [0.25, 0.3) is 10.9 Å². The molecule has 0 amide bonds. The van der Waals surface area contributed by atoms with Crippen LogP contribution in [0, 0.1) is 0 Å². The molecular weight excluding hydrogens is 372 g/mol. The average molecular weight is 392 g/mol. The Morgan fingerprint density at radius 2 is 1.69 bits per heavy atom. The molecule has 0 aliphatic heterocycles. The van der Waals surface area contributed by atoms with Gasteiger partial charge in [-0.3, -0.25) is 5.10 Å². The second kappa shape index (κ2) is 7.93. The zero-order valence-corrected chi connectivity index (χ0v) is 16.2. The summed E-state index contributed by atoms with van der Waals surface area (Å²) in [6.45, 7) is 0. The predicted octanol–water partition coefficient (Wildman–Crippen LogP) is 3.87. The number of methoxy groups -OCH3 is 3. The number of hydrogen-bond donors (Lipinski definition) is 3. The minimum Gasteiger partial charge on any atom is -0.496 e. The number of anilines is 4. The molecule has 0 saturated carbocycles. The van der Waals surface area contributed by atoms with Gasteiger partial charge in [0.05, 0.1) is 32.2 Å². The van der Waals surface area contributed by atoms with Crippen molar-refractivity contribution < 1.29 is 14.2 Å². The van der Waals surface area contributed by atoms with E-state index in [2.05, 4.69) is 30.8 Å². The molecule has 29 heavy (non-hydrogen) atoms. The predicted molar refractivity (Wildman–Crippen MR) is 111 cm³/mol. The fourth-order valence-electron chi connectivity index (χ4n) is 2.95. The summed E-state index contributed by atoms with van der Waals surface area (Å²) in [6, 6.07) is 13.0. The number of nitrogens with zero attached hydrogens (tertiary/aromatic N) is 3. The summed E-state index contributed by atoms with van der Waals surface area (Å²) < 4.78 is 16.0. The second-order valence-electron chi connectivity index (χ2n) is 6.04. The highest BCUT2D eigenvalue weighted by Gasteiger charge is 2.12. The van der Waals surface area contributed by atoms with Crippen LogP contribution in [0.4, 0.5) is 23.3 Å². The van der Waals surface area contributed by atoms with E-state index in [1.54, 1.807) is 33.6 Å². The van der Waals surface area contributed by atoms with E-state index in [9.17, 15) is 0 Å². The van der Waals surface area contributed by atoms with E-state index in [0.29, 0.717) is 29.1 Å². The number of aromatic amines is 1. The maximum atomic E-state index is 5.44. The van der Waals surface area contributed by atoms with E-state index in [1.165, 1.54) is 0 Å². The van der Waals surface area contributed by atoms with Crippen LogP contribution in [0.5, 0.6) is 17.2 Å². The normalized spacial score (nSPS) is 10.6. The van der Waals surface area contributed by atoms with Gasteiger partial charge in [0.1, 0.15) is 11.6 Å². The van der Waals surface area contributed by atoms with E-state index < -0.39 is 0 Å². The van der Waals surface area contributed by atoms with Crippen molar-refractivity contribution in [1.29, 1.82) is 0 Å². The number of hydrogen-bond acceptors (Lipinski definition) is 8. The Bertz CT molecular complexity index is 1140. The van der Waals surface area contributed by atoms with Crippen LogP contribution in [0.2, 0.25) is 0 Å². The molecule has 9 nitrogen and oxygen atoms in total. The third kappa shape index (κ3) is 3.70. The van der Waals surface area contributed by atoms with E-state index in [4.69, 9.17) is 14.2 Å². The third-order valence-electron chi connectivity index (χ3n) is 4.31. The first kappa shape index (κ1) is 18.4. The zero-order valence-electron chi connectivity index (χ0n) is 16.2. The molecule has 0 atom stereocenters. The highest BCUT2D eigenvalue weighted by Crippen LogP contribution is 2.32. The maximum absolute atomic E-state index is 5.44. The molecule has 0 unspecified atom stereocenters. The summed E-state index contributed by atoms with van der Waals surface area (Å²) in [4.78, 5) is 8.77. The summed E-state index contributed by atoms with van der Waals surface area (Å²) in [6.07, 6.45) is 1.66. The fourth-order valence-corrected chi connectivity index (χ4v) is 2.95. The van der Waals surface area contributed by atoms with Gasteiger partial charge in [0.25, 0.3) is 0 Å². The van der Waals surface area contributed by atoms with Gasteiger partial charge in [-0.2, -0.15) is 10.1 Å². The van der Waals surface area contributed by atoms with Gasteiger partial charge in [0, 0.05) is 18.0 Å². The SMILES string of the molecule is COc1ccc(Nc2nccc(Nc3n[nH]c4cccc(OC)c34)n2)cc1OC. The van der Waals surface area contributed by atoms with Crippen molar-refractivity contribution in [2.75, 3.05) is 32.0 Å². The number of nitrogens with one attached hydrogen (secondary N) is 3. The fraction of sp³-hybridized carbons (Fsp3) is 0.150. The molecule has 0 aliphatic carbocycles. The molecule has 0 bridgehead atoms. The van der Waals surface area contributed by atoms with Crippen LogP contribution in [0.3, 0.4) is 0 Å². The molecule has 0 aliphatic rings. The van der Waals surface area contributed by atoms with Crippen molar-refractivity contribution in [1.82, 2.24) is 20.2 Å². The lowest BCUT2D eigenvalue weighted by Gasteiger charge is -2.11. The highest BCUT2D eigenvalue weighted by molar-refractivity contribution is 5.96. The molecule has 0 fully saturated rings. The Kier molecular flexibility index (Phi) is 5.02. The average Bonchev–Trinajstić information content (AvgIpc) is 3.17. The quantitative estimate of drug-likeness (QED) is 0.435.